The lowest BCUT2D eigenvalue weighted by molar-refractivity contribution is -0.147. The van der Waals surface area contributed by atoms with E-state index in [4.69, 9.17) is 4.74 Å². The van der Waals surface area contributed by atoms with Crippen molar-refractivity contribution in [3.05, 3.63) is 34.9 Å². The van der Waals surface area contributed by atoms with Gasteiger partial charge in [-0.3, -0.25) is 4.79 Å². The zero-order valence-corrected chi connectivity index (χ0v) is 15.5. The fraction of sp³-hybridized carbons (Fsp3) is 0.632. The summed E-state index contributed by atoms with van der Waals surface area (Å²) in [6.07, 6.45) is 6.38. The highest BCUT2D eigenvalue weighted by Gasteiger charge is 2.40. The van der Waals surface area contributed by atoms with E-state index in [9.17, 15) is 4.79 Å². The molecule has 1 amide bonds. The highest BCUT2D eigenvalue weighted by molar-refractivity contribution is 5.86. The third-order valence-corrected chi connectivity index (χ3v) is 5.44. The molecule has 1 aromatic rings. The number of halogens is 1. The maximum absolute atomic E-state index is 12.8. The Morgan fingerprint density at radius 1 is 1.21 bits per heavy atom. The first kappa shape index (κ1) is 19.2. The van der Waals surface area contributed by atoms with Gasteiger partial charge in [0.25, 0.3) is 5.91 Å². The van der Waals surface area contributed by atoms with Crippen LogP contribution in [0.1, 0.15) is 55.3 Å². The molecule has 0 radical (unpaired) electrons. The van der Waals surface area contributed by atoms with Crippen molar-refractivity contribution >= 4 is 18.3 Å². The zero-order chi connectivity index (χ0) is 16.3. The number of benzene rings is 1. The van der Waals surface area contributed by atoms with E-state index < -0.39 is 5.60 Å². The van der Waals surface area contributed by atoms with Gasteiger partial charge < -0.3 is 15.4 Å². The first-order valence-corrected chi connectivity index (χ1v) is 8.83. The van der Waals surface area contributed by atoms with E-state index in [1.165, 1.54) is 36.0 Å². The summed E-state index contributed by atoms with van der Waals surface area (Å²) in [5, 5.41) is 6.46. The molecule has 2 N–H and O–H groups in total. The quantitative estimate of drug-likeness (QED) is 0.876. The molecule has 24 heavy (non-hydrogen) atoms. The Morgan fingerprint density at radius 2 is 1.88 bits per heavy atom. The normalized spacial score (nSPS) is 20.4. The summed E-state index contributed by atoms with van der Waals surface area (Å²) in [6, 6.07) is 6.69. The molecule has 0 aromatic heterocycles. The molecule has 0 bridgehead atoms. The number of methoxy groups -OCH3 is 1. The van der Waals surface area contributed by atoms with Gasteiger partial charge in [-0.1, -0.05) is 18.2 Å². The van der Waals surface area contributed by atoms with E-state index in [1.807, 2.05) is 0 Å². The average molecular weight is 353 g/mol. The number of piperidine rings is 1. The van der Waals surface area contributed by atoms with Gasteiger partial charge in [0, 0.05) is 7.11 Å². The van der Waals surface area contributed by atoms with Crippen LogP contribution in [0.15, 0.2) is 18.2 Å². The lowest BCUT2D eigenvalue weighted by atomic mass is 9.88. The third-order valence-electron chi connectivity index (χ3n) is 5.44. The second-order valence-electron chi connectivity index (χ2n) is 6.88. The molecule has 0 saturated carbocycles. The Labute approximate surface area is 151 Å². The van der Waals surface area contributed by atoms with E-state index in [1.54, 1.807) is 7.11 Å². The van der Waals surface area contributed by atoms with Crippen LogP contribution in [0, 0.1) is 0 Å². The van der Waals surface area contributed by atoms with Gasteiger partial charge in [0.2, 0.25) is 0 Å². The SMILES string of the molecule is COC1(C(=O)NC(C)c2ccc3c(c2)CCCC3)CCNCC1.Cl. The summed E-state index contributed by atoms with van der Waals surface area (Å²) in [5.41, 5.74) is 3.45. The third kappa shape index (κ3) is 3.93. The molecule has 1 unspecified atom stereocenters. The maximum atomic E-state index is 12.8. The fourth-order valence-corrected chi connectivity index (χ4v) is 3.79. The van der Waals surface area contributed by atoms with E-state index in [0.29, 0.717) is 0 Å². The Bertz CT molecular complexity index is 570. The van der Waals surface area contributed by atoms with Crippen molar-refractivity contribution in [3.63, 3.8) is 0 Å². The predicted molar refractivity (Wildman–Crippen MR) is 98.7 cm³/mol. The van der Waals surface area contributed by atoms with Gasteiger partial charge in [-0.15, -0.1) is 12.4 Å². The van der Waals surface area contributed by atoms with Gasteiger partial charge in [-0.25, -0.2) is 0 Å². The summed E-state index contributed by atoms with van der Waals surface area (Å²) < 4.78 is 5.62. The average Bonchev–Trinajstić information content (AvgIpc) is 2.61. The van der Waals surface area contributed by atoms with Crippen molar-refractivity contribution in [2.45, 2.75) is 57.1 Å². The maximum Gasteiger partial charge on any atom is 0.252 e. The van der Waals surface area contributed by atoms with E-state index in [-0.39, 0.29) is 24.4 Å². The minimum absolute atomic E-state index is 0. The minimum atomic E-state index is -0.673. The molecule has 1 aromatic carbocycles. The number of amides is 1. The Kier molecular flexibility index (Phi) is 6.67. The van der Waals surface area contributed by atoms with Gasteiger partial charge in [-0.2, -0.15) is 0 Å². The van der Waals surface area contributed by atoms with E-state index in [0.717, 1.165) is 32.4 Å². The van der Waals surface area contributed by atoms with Crippen LogP contribution in [0.4, 0.5) is 0 Å². The van der Waals surface area contributed by atoms with Crippen LogP contribution in [0.3, 0.4) is 0 Å². The summed E-state index contributed by atoms with van der Waals surface area (Å²) in [7, 11) is 1.65. The van der Waals surface area contributed by atoms with Crippen LogP contribution >= 0.6 is 12.4 Å². The van der Waals surface area contributed by atoms with Crippen molar-refractivity contribution in [1.82, 2.24) is 10.6 Å². The summed E-state index contributed by atoms with van der Waals surface area (Å²) in [6.45, 7) is 3.72. The first-order chi connectivity index (χ1) is 11.1. The fourth-order valence-electron chi connectivity index (χ4n) is 3.79. The molecule has 2 aliphatic rings. The van der Waals surface area contributed by atoms with Gasteiger partial charge in [0.1, 0.15) is 5.60 Å². The van der Waals surface area contributed by atoms with Crippen LogP contribution in [-0.2, 0) is 22.4 Å². The molecule has 1 aliphatic carbocycles. The molecule has 4 nitrogen and oxygen atoms in total. The number of ether oxygens (including phenoxy) is 1. The predicted octanol–water partition coefficient (Wildman–Crippen LogP) is 2.93. The number of nitrogens with one attached hydrogen (secondary N) is 2. The van der Waals surface area contributed by atoms with Crippen molar-refractivity contribution in [1.29, 1.82) is 0 Å². The standard InChI is InChI=1S/C19H28N2O2.ClH/c1-14(16-8-7-15-5-3-4-6-17(15)13-16)21-18(22)19(23-2)9-11-20-12-10-19;/h7-8,13-14,20H,3-6,9-12H2,1-2H3,(H,21,22);1H. The van der Waals surface area contributed by atoms with Crippen LogP contribution in [-0.4, -0.2) is 31.7 Å². The molecule has 1 saturated heterocycles. The Balaban J connectivity index is 0.00000208. The van der Waals surface area contributed by atoms with E-state index >= 15 is 0 Å². The first-order valence-electron chi connectivity index (χ1n) is 8.83. The van der Waals surface area contributed by atoms with Gasteiger partial charge in [0.05, 0.1) is 6.04 Å². The molecular formula is C19H29ClN2O2. The van der Waals surface area contributed by atoms with Gasteiger partial charge in [-0.05, 0) is 75.2 Å². The number of carbonyl (C=O) groups is 1. The van der Waals surface area contributed by atoms with Crippen molar-refractivity contribution < 1.29 is 9.53 Å². The Morgan fingerprint density at radius 3 is 2.54 bits per heavy atom. The Hall–Kier alpha value is -1.10. The van der Waals surface area contributed by atoms with E-state index in [2.05, 4.69) is 35.8 Å². The monoisotopic (exact) mass is 352 g/mol. The number of hydrogen-bond acceptors (Lipinski definition) is 3. The molecule has 0 spiro atoms. The van der Waals surface area contributed by atoms with Crippen LogP contribution in [0.5, 0.6) is 0 Å². The second kappa shape index (κ2) is 8.32. The number of hydrogen-bond donors (Lipinski definition) is 2. The molecule has 1 heterocycles. The molecule has 5 heteroatoms. The lowest BCUT2D eigenvalue weighted by Crippen LogP contribution is -2.54. The molecule has 3 rings (SSSR count). The van der Waals surface area contributed by atoms with Gasteiger partial charge in [0.15, 0.2) is 0 Å². The van der Waals surface area contributed by atoms with Crippen LogP contribution in [0.2, 0.25) is 0 Å². The second-order valence-corrected chi connectivity index (χ2v) is 6.88. The van der Waals surface area contributed by atoms with Crippen LogP contribution < -0.4 is 10.6 Å². The number of rotatable bonds is 4. The summed E-state index contributed by atoms with van der Waals surface area (Å²) >= 11 is 0. The minimum Gasteiger partial charge on any atom is -0.368 e. The van der Waals surface area contributed by atoms with Gasteiger partial charge >= 0.3 is 0 Å². The van der Waals surface area contributed by atoms with Crippen molar-refractivity contribution in [2.24, 2.45) is 0 Å². The van der Waals surface area contributed by atoms with Crippen LogP contribution in [0.25, 0.3) is 0 Å². The zero-order valence-electron chi connectivity index (χ0n) is 14.7. The summed E-state index contributed by atoms with van der Waals surface area (Å²) in [5.74, 6) is 0.0201. The summed E-state index contributed by atoms with van der Waals surface area (Å²) in [4.78, 5) is 12.8. The molecule has 1 atom stereocenters. The van der Waals surface area contributed by atoms with Crippen molar-refractivity contribution in [3.8, 4) is 0 Å². The highest BCUT2D eigenvalue weighted by atomic mass is 35.5. The number of fused-ring (bicyclic) bond motifs is 1. The number of aryl methyl sites for hydroxylation is 2. The highest BCUT2D eigenvalue weighted by Crippen LogP contribution is 2.27. The topological polar surface area (TPSA) is 50.4 Å². The largest absolute Gasteiger partial charge is 0.368 e. The lowest BCUT2D eigenvalue weighted by Gasteiger charge is -2.35. The number of carbonyl (C=O) groups excluding carboxylic acids is 1. The molecular weight excluding hydrogens is 324 g/mol. The molecule has 1 aliphatic heterocycles. The molecule has 1 fully saturated rings. The molecule has 134 valence electrons. The smallest absolute Gasteiger partial charge is 0.252 e. The van der Waals surface area contributed by atoms with Crippen molar-refractivity contribution in [2.75, 3.05) is 20.2 Å².